The van der Waals surface area contributed by atoms with Gasteiger partial charge in [-0.1, -0.05) is 11.6 Å². The molecule has 0 bridgehead atoms. The van der Waals surface area contributed by atoms with Crippen molar-refractivity contribution in [2.24, 2.45) is 0 Å². The Labute approximate surface area is 112 Å². The first-order chi connectivity index (χ1) is 8.65. The zero-order valence-electron chi connectivity index (χ0n) is 9.20. The van der Waals surface area contributed by atoms with E-state index in [1.54, 1.807) is 29.6 Å². The number of hydrogen-bond acceptors (Lipinski definition) is 3. The van der Waals surface area contributed by atoms with Crippen molar-refractivity contribution >= 4 is 40.3 Å². The molecular weight excluding hydrogens is 270 g/mol. The zero-order valence-corrected chi connectivity index (χ0v) is 10.8. The fraction of sp³-hybridized carbons (Fsp3) is 0.0769. The monoisotopic (exact) mass is 277 g/mol. The summed E-state index contributed by atoms with van der Waals surface area (Å²) in [6.07, 6.45) is 0.328. The van der Waals surface area contributed by atoms with E-state index in [2.05, 4.69) is 5.32 Å². The Morgan fingerprint density at radius 3 is 2.89 bits per heavy atom. The molecule has 0 aliphatic carbocycles. The predicted octanol–water partition coefficient (Wildman–Crippen LogP) is 3.13. The van der Waals surface area contributed by atoms with Crippen LogP contribution >= 0.6 is 22.9 Å². The van der Waals surface area contributed by atoms with Crippen molar-refractivity contribution in [2.45, 2.75) is 6.42 Å². The van der Waals surface area contributed by atoms with E-state index in [-0.39, 0.29) is 11.7 Å². The maximum atomic E-state index is 12.2. The summed E-state index contributed by atoms with van der Waals surface area (Å²) < 4.78 is 0. The molecule has 0 saturated heterocycles. The molecule has 1 amide bonds. The van der Waals surface area contributed by atoms with E-state index in [4.69, 9.17) is 11.6 Å². The average molecular weight is 278 g/mol. The third-order valence-corrected chi connectivity index (χ3v) is 4.16. The summed E-state index contributed by atoms with van der Waals surface area (Å²) in [4.78, 5) is 24.0. The molecule has 1 N–H and O–H groups in total. The van der Waals surface area contributed by atoms with Gasteiger partial charge in [0.15, 0.2) is 0 Å². The lowest BCUT2D eigenvalue weighted by atomic mass is 10.0. The van der Waals surface area contributed by atoms with E-state index in [1.165, 1.54) is 11.3 Å². The number of anilines is 1. The highest BCUT2D eigenvalue weighted by Crippen LogP contribution is 2.28. The molecule has 3 nitrogen and oxygen atoms in total. The molecule has 0 radical (unpaired) electrons. The number of amides is 1. The number of hydrogen-bond donors (Lipinski definition) is 1. The number of nitrogens with one attached hydrogen (secondary N) is 1. The first kappa shape index (κ1) is 11.4. The van der Waals surface area contributed by atoms with Gasteiger partial charge in [0.1, 0.15) is 0 Å². The highest BCUT2D eigenvalue weighted by atomic mass is 35.5. The molecule has 18 heavy (non-hydrogen) atoms. The molecule has 2 aromatic rings. The molecule has 0 saturated carbocycles. The molecule has 2 heterocycles. The van der Waals surface area contributed by atoms with E-state index in [0.717, 1.165) is 11.3 Å². The van der Waals surface area contributed by atoms with Crippen LogP contribution in [0, 0.1) is 0 Å². The van der Waals surface area contributed by atoms with Gasteiger partial charge in [-0.25, -0.2) is 0 Å². The molecule has 0 spiro atoms. The Hall–Kier alpha value is -1.65. The van der Waals surface area contributed by atoms with E-state index < -0.39 is 0 Å². The molecule has 1 aromatic carbocycles. The van der Waals surface area contributed by atoms with Crippen molar-refractivity contribution in [1.82, 2.24) is 0 Å². The summed E-state index contributed by atoms with van der Waals surface area (Å²) >= 11 is 7.27. The normalized spacial score (nSPS) is 13.3. The number of thiophene rings is 1. The van der Waals surface area contributed by atoms with Crippen LogP contribution in [0.4, 0.5) is 5.69 Å². The Balaban J connectivity index is 2.00. The quantitative estimate of drug-likeness (QED) is 0.857. The molecule has 90 valence electrons. The number of benzene rings is 1. The smallest absolute Gasteiger partial charge is 0.228 e. The SMILES string of the molecule is O=C1Cc2cc(C(=O)c3sccc3Cl)ccc2N1. The fourth-order valence-corrected chi connectivity index (χ4v) is 3.06. The first-order valence-corrected chi connectivity index (χ1v) is 6.61. The van der Waals surface area contributed by atoms with Gasteiger partial charge in [0.25, 0.3) is 0 Å². The van der Waals surface area contributed by atoms with Crippen molar-refractivity contribution in [3.63, 3.8) is 0 Å². The van der Waals surface area contributed by atoms with Crippen molar-refractivity contribution in [1.29, 1.82) is 0 Å². The number of halogens is 1. The Kier molecular flexibility index (Phi) is 2.69. The van der Waals surface area contributed by atoms with Crippen molar-refractivity contribution in [3.8, 4) is 0 Å². The molecule has 1 aliphatic heterocycles. The fourth-order valence-electron chi connectivity index (χ4n) is 1.96. The lowest BCUT2D eigenvalue weighted by molar-refractivity contribution is -0.115. The molecule has 0 fully saturated rings. The summed E-state index contributed by atoms with van der Waals surface area (Å²) in [6, 6.07) is 6.93. The van der Waals surface area contributed by atoms with E-state index >= 15 is 0 Å². The van der Waals surface area contributed by atoms with Gasteiger partial charge in [0, 0.05) is 11.3 Å². The zero-order chi connectivity index (χ0) is 12.7. The second-order valence-corrected chi connectivity index (χ2v) is 5.35. The summed E-state index contributed by atoms with van der Waals surface area (Å²) in [6.45, 7) is 0. The van der Waals surface area contributed by atoms with Crippen molar-refractivity contribution in [3.05, 3.63) is 50.7 Å². The van der Waals surface area contributed by atoms with Gasteiger partial charge in [-0.05, 0) is 35.2 Å². The van der Waals surface area contributed by atoms with Gasteiger partial charge >= 0.3 is 0 Å². The maximum Gasteiger partial charge on any atom is 0.228 e. The van der Waals surface area contributed by atoms with Gasteiger partial charge in [-0.3, -0.25) is 9.59 Å². The number of ketones is 1. The minimum atomic E-state index is -0.0999. The topological polar surface area (TPSA) is 46.2 Å². The predicted molar refractivity (Wildman–Crippen MR) is 71.5 cm³/mol. The van der Waals surface area contributed by atoms with Gasteiger partial charge in [0.05, 0.1) is 16.3 Å². The second kappa shape index (κ2) is 4.23. The molecule has 5 heteroatoms. The highest BCUT2D eigenvalue weighted by Gasteiger charge is 2.20. The third-order valence-electron chi connectivity index (χ3n) is 2.82. The Morgan fingerprint density at radius 2 is 2.17 bits per heavy atom. The summed E-state index contributed by atoms with van der Waals surface area (Å²) in [5, 5.41) is 4.99. The summed E-state index contributed by atoms with van der Waals surface area (Å²) in [5.41, 5.74) is 2.21. The third kappa shape index (κ3) is 1.83. The lowest BCUT2D eigenvalue weighted by Crippen LogP contribution is -2.03. The van der Waals surface area contributed by atoms with Crippen LogP contribution in [0.1, 0.15) is 20.8 Å². The van der Waals surface area contributed by atoms with Crippen LogP contribution < -0.4 is 5.32 Å². The molecule has 3 rings (SSSR count). The van der Waals surface area contributed by atoms with Crippen LogP contribution in [0.15, 0.2) is 29.6 Å². The molecule has 1 aromatic heterocycles. The maximum absolute atomic E-state index is 12.2. The number of carbonyl (C=O) groups is 2. The van der Waals surface area contributed by atoms with Crippen molar-refractivity contribution in [2.75, 3.05) is 5.32 Å². The summed E-state index contributed by atoms with van der Waals surface area (Å²) in [5.74, 6) is -0.138. The average Bonchev–Trinajstić information content (AvgIpc) is 2.91. The van der Waals surface area contributed by atoms with E-state index in [9.17, 15) is 9.59 Å². The Morgan fingerprint density at radius 1 is 1.33 bits per heavy atom. The van der Waals surface area contributed by atoms with Crippen LogP contribution in [-0.4, -0.2) is 11.7 Å². The molecule has 0 unspecified atom stereocenters. The largest absolute Gasteiger partial charge is 0.326 e. The van der Waals surface area contributed by atoms with Gasteiger partial charge < -0.3 is 5.32 Å². The van der Waals surface area contributed by atoms with Crippen LogP contribution in [0.2, 0.25) is 5.02 Å². The van der Waals surface area contributed by atoms with Crippen molar-refractivity contribution < 1.29 is 9.59 Å². The minimum Gasteiger partial charge on any atom is -0.326 e. The molecule has 0 atom stereocenters. The van der Waals surface area contributed by atoms with Crippen LogP contribution in [0.3, 0.4) is 0 Å². The number of rotatable bonds is 2. The summed E-state index contributed by atoms with van der Waals surface area (Å²) in [7, 11) is 0. The number of carbonyl (C=O) groups excluding carboxylic acids is 2. The second-order valence-electron chi connectivity index (χ2n) is 4.02. The Bertz CT molecular complexity index is 663. The van der Waals surface area contributed by atoms with Gasteiger partial charge in [-0.2, -0.15) is 0 Å². The number of fused-ring (bicyclic) bond motifs is 1. The molecule has 1 aliphatic rings. The highest BCUT2D eigenvalue weighted by molar-refractivity contribution is 7.13. The minimum absolute atomic E-state index is 0.0382. The van der Waals surface area contributed by atoms with Gasteiger partial charge in [-0.15, -0.1) is 11.3 Å². The van der Waals surface area contributed by atoms with E-state index in [1.807, 2.05) is 0 Å². The standard InChI is InChI=1S/C13H8ClNO2S/c14-9-3-4-18-13(9)12(17)7-1-2-10-8(5-7)6-11(16)15-10/h1-5H,6H2,(H,15,16). The first-order valence-electron chi connectivity index (χ1n) is 5.35. The molecular formula is C13H8ClNO2S. The van der Waals surface area contributed by atoms with Gasteiger partial charge in [0.2, 0.25) is 11.7 Å². The van der Waals surface area contributed by atoms with Crippen LogP contribution in [0.25, 0.3) is 0 Å². The van der Waals surface area contributed by atoms with E-state index in [0.29, 0.717) is 21.9 Å². The van der Waals surface area contributed by atoms with Crippen LogP contribution in [0.5, 0.6) is 0 Å². The van der Waals surface area contributed by atoms with Crippen LogP contribution in [-0.2, 0) is 11.2 Å². The lowest BCUT2D eigenvalue weighted by Gasteiger charge is -2.02.